The zero-order valence-electron chi connectivity index (χ0n) is 14.9. The minimum absolute atomic E-state index is 0.0491. The average molecular weight is 337 g/mol. The van der Waals surface area contributed by atoms with Crippen LogP contribution in [0.1, 0.15) is 41.1 Å². The van der Waals surface area contributed by atoms with Crippen LogP contribution in [0.2, 0.25) is 0 Å². The topological polar surface area (TPSA) is 50.4 Å². The quantitative estimate of drug-likeness (QED) is 0.777. The molecule has 1 unspecified atom stereocenters. The molecule has 1 aliphatic heterocycles. The standard InChI is InChI=1S/C20H23N3O2/c1-4-16-18-6-5-9-22(18)10-11-23(16)20(25)19-13(2)21(3)17-8-7-14(24)12-15(17)19/h5-9,12,16,24H,4,10-11H2,1-3H3. The molecule has 0 saturated carbocycles. The van der Waals surface area contributed by atoms with Crippen molar-refractivity contribution in [2.75, 3.05) is 6.54 Å². The van der Waals surface area contributed by atoms with E-state index in [1.807, 2.05) is 35.6 Å². The maximum absolute atomic E-state index is 13.5. The Bertz CT molecular complexity index is 967. The van der Waals surface area contributed by atoms with E-state index in [2.05, 4.69) is 23.8 Å². The van der Waals surface area contributed by atoms with Crippen LogP contribution in [0, 0.1) is 6.92 Å². The SMILES string of the molecule is CCC1c2cccn2CCN1C(=O)c1c(C)n(C)c2ccc(O)cc12. The van der Waals surface area contributed by atoms with Gasteiger partial charge < -0.3 is 19.1 Å². The number of aromatic hydroxyl groups is 1. The van der Waals surface area contributed by atoms with Crippen LogP contribution in [-0.4, -0.2) is 31.6 Å². The first-order chi connectivity index (χ1) is 12.0. The minimum Gasteiger partial charge on any atom is -0.508 e. The van der Waals surface area contributed by atoms with Crippen LogP contribution in [0.25, 0.3) is 10.9 Å². The molecular weight excluding hydrogens is 314 g/mol. The molecule has 1 aromatic carbocycles. The predicted octanol–water partition coefficient (Wildman–Crippen LogP) is 3.60. The van der Waals surface area contributed by atoms with Crippen molar-refractivity contribution in [2.24, 2.45) is 7.05 Å². The van der Waals surface area contributed by atoms with Gasteiger partial charge in [-0.05, 0) is 43.7 Å². The fourth-order valence-electron chi connectivity index (χ4n) is 4.11. The van der Waals surface area contributed by atoms with Gasteiger partial charge >= 0.3 is 0 Å². The number of fused-ring (bicyclic) bond motifs is 2. The first kappa shape index (κ1) is 15.8. The Hall–Kier alpha value is -2.69. The third-order valence-electron chi connectivity index (χ3n) is 5.50. The molecule has 5 heteroatoms. The maximum Gasteiger partial charge on any atom is 0.256 e. The van der Waals surface area contributed by atoms with Gasteiger partial charge in [0.25, 0.3) is 5.91 Å². The number of nitrogens with zero attached hydrogens (tertiary/aromatic N) is 3. The molecule has 0 fully saturated rings. The molecule has 0 radical (unpaired) electrons. The van der Waals surface area contributed by atoms with Crippen LogP contribution in [0.5, 0.6) is 5.75 Å². The van der Waals surface area contributed by atoms with Gasteiger partial charge in [-0.3, -0.25) is 4.79 Å². The van der Waals surface area contributed by atoms with Crippen LogP contribution < -0.4 is 0 Å². The van der Waals surface area contributed by atoms with E-state index < -0.39 is 0 Å². The zero-order chi connectivity index (χ0) is 17.7. The number of phenols is 1. The van der Waals surface area contributed by atoms with Gasteiger partial charge in [-0.1, -0.05) is 6.92 Å². The van der Waals surface area contributed by atoms with E-state index in [0.717, 1.165) is 29.6 Å². The Labute approximate surface area is 147 Å². The Morgan fingerprint density at radius 1 is 1.28 bits per heavy atom. The fraction of sp³-hybridized carbons (Fsp3) is 0.350. The van der Waals surface area contributed by atoms with Gasteiger partial charge in [-0.15, -0.1) is 0 Å². The Morgan fingerprint density at radius 2 is 2.08 bits per heavy atom. The van der Waals surface area contributed by atoms with E-state index in [9.17, 15) is 9.90 Å². The average Bonchev–Trinajstić information content (AvgIpc) is 3.17. The first-order valence-electron chi connectivity index (χ1n) is 8.77. The third-order valence-corrected chi connectivity index (χ3v) is 5.50. The molecule has 1 aliphatic rings. The number of hydrogen-bond acceptors (Lipinski definition) is 2. The summed E-state index contributed by atoms with van der Waals surface area (Å²) in [5, 5.41) is 10.7. The number of phenolic OH excluding ortho intramolecular Hbond substituents is 1. The number of aryl methyl sites for hydroxylation is 1. The van der Waals surface area contributed by atoms with Gasteiger partial charge in [-0.25, -0.2) is 0 Å². The summed E-state index contributed by atoms with van der Waals surface area (Å²) in [5.41, 5.74) is 3.79. The molecule has 0 aliphatic carbocycles. The first-order valence-corrected chi connectivity index (χ1v) is 8.77. The molecule has 1 amide bonds. The van der Waals surface area contributed by atoms with Crippen LogP contribution in [-0.2, 0) is 13.6 Å². The Morgan fingerprint density at radius 3 is 2.84 bits per heavy atom. The molecule has 3 heterocycles. The number of carbonyl (C=O) groups is 1. The normalized spacial score (nSPS) is 17.1. The van der Waals surface area contributed by atoms with Crippen molar-refractivity contribution >= 4 is 16.8 Å². The highest BCUT2D eigenvalue weighted by atomic mass is 16.3. The summed E-state index contributed by atoms with van der Waals surface area (Å²) in [5.74, 6) is 0.236. The second kappa shape index (κ2) is 5.69. The summed E-state index contributed by atoms with van der Waals surface area (Å²) >= 11 is 0. The van der Waals surface area contributed by atoms with E-state index in [-0.39, 0.29) is 17.7 Å². The largest absolute Gasteiger partial charge is 0.508 e. The van der Waals surface area contributed by atoms with Crippen molar-refractivity contribution < 1.29 is 9.90 Å². The molecule has 0 bridgehead atoms. The second-order valence-electron chi connectivity index (χ2n) is 6.77. The molecule has 1 N–H and O–H groups in total. The molecule has 3 aromatic rings. The van der Waals surface area contributed by atoms with Crippen LogP contribution in [0.3, 0.4) is 0 Å². The number of aromatic nitrogens is 2. The molecule has 2 aromatic heterocycles. The Balaban J connectivity index is 1.83. The third kappa shape index (κ3) is 2.26. The number of hydrogen-bond donors (Lipinski definition) is 1. The van der Waals surface area contributed by atoms with Crippen molar-refractivity contribution in [1.82, 2.24) is 14.0 Å². The van der Waals surface area contributed by atoms with Crippen LogP contribution >= 0.6 is 0 Å². The van der Waals surface area contributed by atoms with Crippen molar-refractivity contribution in [2.45, 2.75) is 32.9 Å². The zero-order valence-corrected chi connectivity index (χ0v) is 14.9. The van der Waals surface area contributed by atoms with E-state index >= 15 is 0 Å². The molecular formula is C20H23N3O2. The summed E-state index contributed by atoms with van der Waals surface area (Å²) in [7, 11) is 1.96. The van der Waals surface area contributed by atoms with Gasteiger partial charge in [-0.2, -0.15) is 0 Å². The van der Waals surface area contributed by atoms with E-state index in [4.69, 9.17) is 0 Å². The lowest BCUT2D eigenvalue weighted by Crippen LogP contribution is -2.41. The molecule has 25 heavy (non-hydrogen) atoms. The number of carbonyl (C=O) groups excluding carboxylic acids is 1. The van der Waals surface area contributed by atoms with E-state index in [1.54, 1.807) is 12.1 Å². The lowest BCUT2D eigenvalue weighted by atomic mass is 10.0. The number of rotatable bonds is 2. The monoisotopic (exact) mass is 337 g/mol. The maximum atomic E-state index is 13.5. The van der Waals surface area contributed by atoms with Crippen molar-refractivity contribution in [3.8, 4) is 5.75 Å². The van der Waals surface area contributed by atoms with Gasteiger partial charge in [0.1, 0.15) is 5.75 Å². The van der Waals surface area contributed by atoms with E-state index in [1.165, 1.54) is 5.69 Å². The van der Waals surface area contributed by atoms with E-state index in [0.29, 0.717) is 12.1 Å². The second-order valence-corrected chi connectivity index (χ2v) is 6.77. The molecule has 130 valence electrons. The molecule has 0 spiro atoms. The van der Waals surface area contributed by atoms with Gasteiger partial charge in [0.15, 0.2) is 0 Å². The van der Waals surface area contributed by atoms with Crippen molar-refractivity contribution in [3.63, 3.8) is 0 Å². The molecule has 0 saturated heterocycles. The summed E-state index contributed by atoms with van der Waals surface area (Å²) in [4.78, 5) is 15.5. The van der Waals surface area contributed by atoms with Crippen LogP contribution in [0.4, 0.5) is 0 Å². The van der Waals surface area contributed by atoms with Crippen LogP contribution in [0.15, 0.2) is 36.5 Å². The van der Waals surface area contributed by atoms with Crippen molar-refractivity contribution in [1.29, 1.82) is 0 Å². The summed E-state index contributed by atoms with van der Waals surface area (Å²) in [6, 6.07) is 9.47. The lowest BCUT2D eigenvalue weighted by Gasteiger charge is -2.36. The molecule has 4 rings (SSSR count). The fourth-order valence-corrected chi connectivity index (χ4v) is 4.11. The molecule has 5 nitrogen and oxygen atoms in total. The van der Waals surface area contributed by atoms with Gasteiger partial charge in [0, 0.05) is 48.6 Å². The highest BCUT2D eigenvalue weighted by Crippen LogP contribution is 2.34. The number of benzene rings is 1. The highest BCUT2D eigenvalue weighted by Gasteiger charge is 2.32. The highest BCUT2D eigenvalue weighted by molar-refractivity contribution is 6.09. The van der Waals surface area contributed by atoms with Gasteiger partial charge in [0.05, 0.1) is 11.6 Å². The lowest BCUT2D eigenvalue weighted by molar-refractivity contribution is 0.0619. The Kier molecular flexibility index (Phi) is 3.60. The summed E-state index contributed by atoms with van der Waals surface area (Å²) in [6.45, 7) is 5.61. The molecule has 1 atom stereocenters. The minimum atomic E-state index is 0.0491. The smallest absolute Gasteiger partial charge is 0.256 e. The summed E-state index contributed by atoms with van der Waals surface area (Å²) < 4.78 is 4.26. The summed E-state index contributed by atoms with van der Waals surface area (Å²) in [6.07, 6.45) is 2.96. The van der Waals surface area contributed by atoms with Gasteiger partial charge in [0.2, 0.25) is 0 Å². The number of amides is 1. The predicted molar refractivity (Wildman–Crippen MR) is 97.8 cm³/mol. The van der Waals surface area contributed by atoms with Crippen molar-refractivity contribution in [3.05, 3.63) is 53.5 Å².